The van der Waals surface area contributed by atoms with Gasteiger partial charge in [0.05, 0.1) is 5.56 Å². The number of aromatic nitrogens is 1. The molecule has 0 saturated carbocycles. The van der Waals surface area contributed by atoms with Crippen molar-refractivity contribution in [1.82, 2.24) is 9.29 Å². The Morgan fingerprint density at radius 1 is 1.24 bits per heavy atom. The lowest BCUT2D eigenvalue weighted by Crippen LogP contribution is -2.09. The molecule has 110 valence electrons. The second-order valence-corrected chi connectivity index (χ2v) is 5.34. The molecule has 1 N–H and O–H groups in total. The van der Waals surface area contributed by atoms with Crippen LogP contribution in [0.1, 0.15) is 11.3 Å². The minimum Gasteiger partial charge on any atom is -0.335 e. The van der Waals surface area contributed by atoms with Gasteiger partial charge in [0.15, 0.2) is 0 Å². The van der Waals surface area contributed by atoms with Crippen LogP contribution < -0.4 is 4.72 Å². The molecule has 0 aliphatic carbocycles. The number of nitriles is 1. The van der Waals surface area contributed by atoms with Gasteiger partial charge in [-0.3, -0.25) is 4.72 Å². The molecule has 0 amide bonds. The Hall–Kier alpha value is -1.91. The standard InChI is InChI=1S/C14H12F3N3S/c1-19-21-13-6-3-9(7-11(13)14(15,16)17)12-5-4-10(8-18)20(12)2/h3-7,19H,1-2H3. The molecule has 3 nitrogen and oxygen atoms in total. The molecule has 1 heterocycles. The number of rotatable bonds is 3. The van der Waals surface area contributed by atoms with Crippen LogP contribution in [0.5, 0.6) is 0 Å². The lowest BCUT2D eigenvalue weighted by Gasteiger charge is -2.14. The number of nitrogens with zero attached hydrogens (tertiary/aromatic N) is 2. The first kappa shape index (κ1) is 15.5. The van der Waals surface area contributed by atoms with Crippen molar-refractivity contribution < 1.29 is 13.2 Å². The van der Waals surface area contributed by atoms with Crippen LogP contribution in [0.15, 0.2) is 35.2 Å². The summed E-state index contributed by atoms with van der Waals surface area (Å²) in [7, 11) is 3.21. The second kappa shape index (κ2) is 5.84. The van der Waals surface area contributed by atoms with Gasteiger partial charge in [-0.1, -0.05) is 6.07 Å². The summed E-state index contributed by atoms with van der Waals surface area (Å²) in [5.41, 5.74) is 0.691. The number of nitrogens with one attached hydrogen (secondary N) is 1. The zero-order valence-electron chi connectivity index (χ0n) is 11.3. The van der Waals surface area contributed by atoms with Crippen LogP contribution in [0.25, 0.3) is 11.3 Å². The van der Waals surface area contributed by atoms with Crippen molar-refractivity contribution in [3.63, 3.8) is 0 Å². The van der Waals surface area contributed by atoms with Crippen LogP contribution in [0, 0.1) is 11.3 Å². The molecule has 0 atom stereocenters. The molecule has 0 unspecified atom stereocenters. The Labute approximate surface area is 124 Å². The molecular formula is C14H12F3N3S. The van der Waals surface area contributed by atoms with E-state index in [1.807, 2.05) is 6.07 Å². The van der Waals surface area contributed by atoms with Crippen LogP contribution >= 0.6 is 11.9 Å². The van der Waals surface area contributed by atoms with Gasteiger partial charge in [0, 0.05) is 17.6 Å². The largest absolute Gasteiger partial charge is 0.417 e. The van der Waals surface area contributed by atoms with Gasteiger partial charge in [-0.25, -0.2) is 0 Å². The first-order valence-corrected chi connectivity index (χ1v) is 6.81. The fourth-order valence-electron chi connectivity index (χ4n) is 2.02. The van der Waals surface area contributed by atoms with Crippen molar-refractivity contribution in [2.75, 3.05) is 7.05 Å². The summed E-state index contributed by atoms with van der Waals surface area (Å²) in [4.78, 5) is 0.114. The highest BCUT2D eigenvalue weighted by Gasteiger charge is 2.34. The summed E-state index contributed by atoms with van der Waals surface area (Å²) >= 11 is 0.917. The molecule has 0 aliphatic rings. The van der Waals surface area contributed by atoms with Crippen LogP contribution in [-0.4, -0.2) is 11.6 Å². The van der Waals surface area contributed by atoms with E-state index >= 15 is 0 Å². The third-order valence-corrected chi connectivity index (χ3v) is 3.81. The summed E-state index contributed by atoms with van der Waals surface area (Å²) in [6.07, 6.45) is -4.43. The summed E-state index contributed by atoms with van der Waals surface area (Å²) in [5, 5.41) is 8.91. The summed E-state index contributed by atoms with van der Waals surface area (Å²) in [6.45, 7) is 0. The molecule has 0 aliphatic heterocycles. The maximum Gasteiger partial charge on any atom is 0.417 e. The Balaban J connectivity index is 2.56. The molecule has 2 rings (SSSR count). The van der Waals surface area contributed by atoms with Gasteiger partial charge in [-0.05, 0) is 48.8 Å². The van der Waals surface area contributed by atoms with Crippen molar-refractivity contribution in [2.45, 2.75) is 11.1 Å². The average molecular weight is 311 g/mol. The fraction of sp³-hybridized carbons (Fsp3) is 0.214. The highest BCUT2D eigenvalue weighted by atomic mass is 32.2. The van der Waals surface area contributed by atoms with Gasteiger partial charge in [0.1, 0.15) is 11.8 Å². The predicted octanol–water partition coefficient (Wildman–Crippen LogP) is 3.81. The molecule has 0 saturated heterocycles. The monoisotopic (exact) mass is 311 g/mol. The third-order valence-electron chi connectivity index (χ3n) is 3.03. The molecule has 0 bridgehead atoms. The zero-order valence-corrected chi connectivity index (χ0v) is 12.1. The minimum absolute atomic E-state index is 0.114. The Bertz CT molecular complexity index is 698. The normalized spacial score (nSPS) is 11.4. The smallest absolute Gasteiger partial charge is 0.335 e. The Morgan fingerprint density at radius 2 is 1.95 bits per heavy atom. The zero-order chi connectivity index (χ0) is 15.6. The van der Waals surface area contributed by atoms with Crippen molar-refractivity contribution in [3.8, 4) is 17.3 Å². The molecule has 1 aromatic carbocycles. The summed E-state index contributed by atoms with van der Waals surface area (Å²) < 4.78 is 43.6. The van der Waals surface area contributed by atoms with Gasteiger partial charge in [0.2, 0.25) is 0 Å². The summed E-state index contributed by atoms with van der Waals surface area (Å²) in [6, 6.07) is 9.36. The first-order chi connectivity index (χ1) is 9.88. The van der Waals surface area contributed by atoms with Crippen LogP contribution in [0.2, 0.25) is 0 Å². The topological polar surface area (TPSA) is 40.8 Å². The van der Waals surface area contributed by atoms with Gasteiger partial charge in [0.25, 0.3) is 0 Å². The van der Waals surface area contributed by atoms with Gasteiger partial charge in [-0.15, -0.1) is 0 Å². The number of hydrogen-bond donors (Lipinski definition) is 1. The highest BCUT2D eigenvalue weighted by molar-refractivity contribution is 7.97. The van der Waals surface area contributed by atoms with E-state index in [1.165, 1.54) is 6.07 Å². The van der Waals surface area contributed by atoms with E-state index in [2.05, 4.69) is 4.72 Å². The molecule has 0 radical (unpaired) electrons. The first-order valence-electron chi connectivity index (χ1n) is 5.99. The van der Waals surface area contributed by atoms with Crippen molar-refractivity contribution in [2.24, 2.45) is 7.05 Å². The van der Waals surface area contributed by atoms with Gasteiger partial charge >= 0.3 is 6.18 Å². The maximum atomic E-state index is 13.1. The quantitative estimate of drug-likeness (QED) is 0.876. The van der Waals surface area contributed by atoms with E-state index in [1.54, 1.807) is 36.9 Å². The number of benzene rings is 1. The lowest BCUT2D eigenvalue weighted by atomic mass is 10.1. The van der Waals surface area contributed by atoms with Crippen molar-refractivity contribution in [1.29, 1.82) is 5.26 Å². The predicted molar refractivity (Wildman–Crippen MR) is 75.5 cm³/mol. The SMILES string of the molecule is CNSc1ccc(-c2ccc(C#N)n2C)cc1C(F)(F)F. The second-order valence-electron chi connectivity index (χ2n) is 4.29. The van der Waals surface area contributed by atoms with E-state index < -0.39 is 11.7 Å². The molecule has 21 heavy (non-hydrogen) atoms. The van der Waals surface area contributed by atoms with Crippen LogP contribution in [-0.2, 0) is 13.2 Å². The number of alkyl halides is 3. The Morgan fingerprint density at radius 3 is 2.48 bits per heavy atom. The number of hydrogen-bond acceptors (Lipinski definition) is 3. The molecule has 2 aromatic rings. The summed E-state index contributed by atoms with van der Waals surface area (Å²) in [5.74, 6) is 0. The Kier molecular flexibility index (Phi) is 4.30. The van der Waals surface area contributed by atoms with Gasteiger partial charge in [-0.2, -0.15) is 18.4 Å². The lowest BCUT2D eigenvalue weighted by molar-refractivity contribution is -0.139. The van der Waals surface area contributed by atoms with E-state index in [0.717, 1.165) is 18.0 Å². The maximum absolute atomic E-state index is 13.1. The molecular weight excluding hydrogens is 299 g/mol. The number of halogens is 3. The van der Waals surface area contributed by atoms with Crippen molar-refractivity contribution >= 4 is 11.9 Å². The fourth-order valence-corrected chi connectivity index (χ4v) is 2.66. The average Bonchev–Trinajstić information content (AvgIpc) is 2.79. The van der Waals surface area contributed by atoms with E-state index in [9.17, 15) is 13.2 Å². The highest BCUT2D eigenvalue weighted by Crippen LogP contribution is 2.38. The van der Waals surface area contributed by atoms with E-state index in [4.69, 9.17) is 5.26 Å². The third kappa shape index (κ3) is 3.06. The van der Waals surface area contributed by atoms with Crippen LogP contribution in [0.4, 0.5) is 13.2 Å². The van der Waals surface area contributed by atoms with E-state index in [-0.39, 0.29) is 4.90 Å². The van der Waals surface area contributed by atoms with Gasteiger partial charge < -0.3 is 4.57 Å². The molecule has 7 heteroatoms. The molecule has 1 aromatic heterocycles. The van der Waals surface area contributed by atoms with Crippen molar-refractivity contribution in [3.05, 3.63) is 41.6 Å². The molecule has 0 fully saturated rings. The van der Waals surface area contributed by atoms with E-state index in [0.29, 0.717) is 17.0 Å². The minimum atomic E-state index is -4.43. The van der Waals surface area contributed by atoms with Crippen LogP contribution in [0.3, 0.4) is 0 Å². The molecule has 0 spiro atoms.